The number of hydrogen-bond acceptors (Lipinski definition) is 5. The number of rotatable bonds is 2. The molecule has 2 aromatic heterocycles. The van der Waals surface area contributed by atoms with Crippen LogP contribution in [0.3, 0.4) is 0 Å². The monoisotopic (exact) mass is 355 g/mol. The molecule has 0 aliphatic carbocycles. The minimum atomic E-state index is -0.354. The lowest BCUT2D eigenvalue weighted by Crippen LogP contribution is -2.43. The van der Waals surface area contributed by atoms with Gasteiger partial charge in [0.15, 0.2) is 0 Å². The van der Waals surface area contributed by atoms with Crippen molar-refractivity contribution in [3.05, 3.63) is 63.1 Å². The SMILES string of the molecule is Cc1nc([C@H]2COCCN2C(=O)c2cc3ccccc3s2)cc(=O)[nH]1. The van der Waals surface area contributed by atoms with Crippen LogP contribution < -0.4 is 5.56 Å². The van der Waals surface area contributed by atoms with Gasteiger partial charge in [-0.25, -0.2) is 4.98 Å². The van der Waals surface area contributed by atoms with E-state index in [1.807, 2.05) is 30.3 Å². The maximum Gasteiger partial charge on any atom is 0.264 e. The molecular weight excluding hydrogens is 338 g/mol. The van der Waals surface area contributed by atoms with Gasteiger partial charge in [0, 0.05) is 17.3 Å². The van der Waals surface area contributed by atoms with Gasteiger partial charge in [-0.1, -0.05) is 18.2 Å². The maximum absolute atomic E-state index is 13.1. The molecule has 0 bridgehead atoms. The number of amides is 1. The first-order valence-electron chi connectivity index (χ1n) is 8.07. The van der Waals surface area contributed by atoms with Gasteiger partial charge in [0.25, 0.3) is 11.5 Å². The Kier molecular flexibility index (Phi) is 4.10. The molecule has 6 nitrogen and oxygen atoms in total. The van der Waals surface area contributed by atoms with Crippen LogP contribution in [0.5, 0.6) is 0 Å². The zero-order valence-electron chi connectivity index (χ0n) is 13.7. The van der Waals surface area contributed by atoms with Crippen LogP contribution in [0.25, 0.3) is 10.1 Å². The molecule has 1 saturated heterocycles. The summed E-state index contributed by atoms with van der Waals surface area (Å²) in [5, 5.41) is 1.06. The highest BCUT2D eigenvalue weighted by Crippen LogP contribution is 2.30. The highest BCUT2D eigenvalue weighted by molar-refractivity contribution is 7.20. The maximum atomic E-state index is 13.1. The number of thiophene rings is 1. The van der Waals surface area contributed by atoms with Crippen LogP contribution >= 0.6 is 11.3 Å². The number of carbonyl (C=O) groups excluding carboxylic acids is 1. The third kappa shape index (κ3) is 3.08. The summed E-state index contributed by atoms with van der Waals surface area (Å²) in [6.07, 6.45) is 0. The number of H-pyrrole nitrogens is 1. The first kappa shape index (κ1) is 16.0. The number of carbonyl (C=O) groups is 1. The summed E-state index contributed by atoms with van der Waals surface area (Å²) in [5.41, 5.74) is 0.345. The minimum Gasteiger partial charge on any atom is -0.377 e. The molecule has 1 atom stereocenters. The third-order valence-corrected chi connectivity index (χ3v) is 5.35. The normalized spacial score (nSPS) is 17.8. The highest BCUT2D eigenvalue weighted by atomic mass is 32.1. The largest absolute Gasteiger partial charge is 0.377 e. The Hall–Kier alpha value is -2.51. The summed E-state index contributed by atoms with van der Waals surface area (Å²) in [5.74, 6) is 0.483. The van der Waals surface area contributed by atoms with Crippen LogP contribution in [-0.4, -0.2) is 40.5 Å². The van der Waals surface area contributed by atoms with Gasteiger partial charge in [0.05, 0.1) is 29.8 Å². The minimum absolute atomic E-state index is 0.0470. The molecular formula is C18H17N3O3S. The molecule has 0 unspecified atom stereocenters. The lowest BCUT2D eigenvalue weighted by Gasteiger charge is -2.34. The van der Waals surface area contributed by atoms with Crippen molar-refractivity contribution in [1.82, 2.24) is 14.9 Å². The Morgan fingerprint density at radius 1 is 1.36 bits per heavy atom. The predicted molar refractivity (Wildman–Crippen MR) is 96.0 cm³/mol. The average molecular weight is 355 g/mol. The van der Waals surface area contributed by atoms with Crippen LogP contribution in [0, 0.1) is 6.92 Å². The molecule has 1 amide bonds. The van der Waals surface area contributed by atoms with Gasteiger partial charge in [-0.05, 0) is 24.4 Å². The van der Waals surface area contributed by atoms with Crippen molar-refractivity contribution < 1.29 is 9.53 Å². The molecule has 4 rings (SSSR count). The molecule has 1 aliphatic heterocycles. The van der Waals surface area contributed by atoms with Gasteiger partial charge in [-0.15, -0.1) is 11.3 Å². The highest BCUT2D eigenvalue weighted by Gasteiger charge is 2.31. The Bertz CT molecular complexity index is 961. The van der Waals surface area contributed by atoms with Gasteiger partial charge >= 0.3 is 0 Å². The second-order valence-corrected chi connectivity index (χ2v) is 7.08. The third-order valence-electron chi connectivity index (χ3n) is 4.25. The molecule has 1 aromatic carbocycles. The van der Waals surface area contributed by atoms with Crippen molar-refractivity contribution >= 4 is 27.3 Å². The topological polar surface area (TPSA) is 75.3 Å². The van der Waals surface area contributed by atoms with Crippen molar-refractivity contribution in [2.45, 2.75) is 13.0 Å². The van der Waals surface area contributed by atoms with E-state index in [1.54, 1.807) is 11.8 Å². The Labute approximate surface area is 148 Å². The molecule has 128 valence electrons. The molecule has 0 saturated carbocycles. The number of ether oxygens (including phenoxy) is 1. The van der Waals surface area contributed by atoms with E-state index >= 15 is 0 Å². The van der Waals surface area contributed by atoms with Crippen LogP contribution in [-0.2, 0) is 4.74 Å². The van der Waals surface area contributed by atoms with Crippen molar-refractivity contribution in [3.8, 4) is 0 Å². The lowest BCUT2D eigenvalue weighted by atomic mass is 10.1. The van der Waals surface area contributed by atoms with Gasteiger partial charge in [0.1, 0.15) is 5.82 Å². The standard InChI is InChI=1S/C18H17N3O3S/c1-11-19-13(9-17(22)20-11)14-10-24-7-6-21(14)18(23)16-8-12-4-2-3-5-15(12)25-16/h2-5,8-9,14H,6-7,10H2,1H3,(H,19,20,22)/t14-/m1/s1. The number of nitrogens with zero attached hydrogens (tertiary/aromatic N) is 2. The number of nitrogens with one attached hydrogen (secondary N) is 1. The van der Waals surface area contributed by atoms with Crippen LogP contribution in [0.1, 0.15) is 27.2 Å². The van der Waals surface area contributed by atoms with Crippen LogP contribution in [0.4, 0.5) is 0 Å². The average Bonchev–Trinajstić information content (AvgIpc) is 3.04. The van der Waals surface area contributed by atoms with Gasteiger partial charge in [-0.2, -0.15) is 0 Å². The predicted octanol–water partition coefficient (Wildman–Crippen LogP) is 2.51. The molecule has 0 spiro atoms. The molecule has 0 radical (unpaired) electrons. The number of aromatic amines is 1. The summed E-state index contributed by atoms with van der Waals surface area (Å²) in [6, 6.07) is 10.9. The molecule has 3 aromatic rings. The molecule has 1 N–H and O–H groups in total. The fourth-order valence-corrected chi connectivity index (χ4v) is 4.11. The van der Waals surface area contributed by atoms with Gasteiger partial charge in [-0.3, -0.25) is 9.59 Å². The van der Waals surface area contributed by atoms with E-state index in [9.17, 15) is 9.59 Å². The first-order valence-corrected chi connectivity index (χ1v) is 8.88. The smallest absolute Gasteiger partial charge is 0.264 e. The number of hydrogen-bond donors (Lipinski definition) is 1. The van der Waals surface area contributed by atoms with E-state index in [0.717, 1.165) is 10.1 Å². The van der Waals surface area contributed by atoms with E-state index in [0.29, 0.717) is 36.2 Å². The quantitative estimate of drug-likeness (QED) is 0.766. The Morgan fingerprint density at radius 3 is 3.00 bits per heavy atom. The fourth-order valence-electron chi connectivity index (χ4n) is 3.09. The van der Waals surface area contributed by atoms with E-state index in [-0.39, 0.29) is 17.5 Å². The van der Waals surface area contributed by atoms with Gasteiger partial charge in [0.2, 0.25) is 0 Å². The zero-order valence-corrected chi connectivity index (χ0v) is 14.5. The Morgan fingerprint density at radius 2 is 2.20 bits per heavy atom. The van der Waals surface area contributed by atoms with Crippen molar-refractivity contribution in [2.75, 3.05) is 19.8 Å². The molecule has 1 aliphatic rings. The molecule has 3 heterocycles. The van der Waals surface area contributed by atoms with E-state index in [2.05, 4.69) is 9.97 Å². The number of morpholine rings is 1. The van der Waals surface area contributed by atoms with E-state index in [4.69, 9.17) is 4.74 Å². The molecule has 25 heavy (non-hydrogen) atoms. The van der Waals surface area contributed by atoms with Crippen molar-refractivity contribution in [1.29, 1.82) is 0 Å². The Balaban J connectivity index is 1.70. The zero-order chi connectivity index (χ0) is 17.4. The summed E-state index contributed by atoms with van der Waals surface area (Å²) >= 11 is 1.48. The summed E-state index contributed by atoms with van der Waals surface area (Å²) in [7, 11) is 0. The summed E-state index contributed by atoms with van der Waals surface area (Å²) < 4.78 is 6.63. The van der Waals surface area contributed by atoms with E-state index < -0.39 is 0 Å². The number of benzene rings is 1. The molecule has 7 heteroatoms. The number of aryl methyl sites for hydroxylation is 1. The number of fused-ring (bicyclic) bond motifs is 1. The fraction of sp³-hybridized carbons (Fsp3) is 0.278. The lowest BCUT2D eigenvalue weighted by molar-refractivity contribution is -0.00374. The first-order chi connectivity index (χ1) is 12.1. The van der Waals surface area contributed by atoms with Gasteiger partial charge < -0.3 is 14.6 Å². The van der Waals surface area contributed by atoms with Crippen LogP contribution in [0.2, 0.25) is 0 Å². The summed E-state index contributed by atoms with van der Waals surface area (Å²) in [4.78, 5) is 34.4. The second kappa shape index (κ2) is 6.42. The van der Waals surface area contributed by atoms with Crippen molar-refractivity contribution in [2.24, 2.45) is 0 Å². The molecule has 1 fully saturated rings. The second-order valence-electron chi connectivity index (χ2n) is 5.99. The van der Waals surface area contributed by atoms with Crippen LogP contribution in [0.15, 0.2) is 41.2 Å². The summed E-state index contributed by atoms with van der Waals surface area (Å²) in [6.45, 7) is 3.03. The van der Waals surface area contributed by atoms with E-state index in [1.165, 1.54) is 17.4 Å². The van der Waals surface area contributed by atoms with Crippen molar-refractivity contribution in [3.63, 3.8) is 0 Å². The number of aromatic nitrogens is 2.